The lowest BCUT2D eigenvalue weighted by atomic mass is 9.78. The summed E-state index contributed by atoms with van der Waals surface area (Å²) in [6, 6.07) is 7.34. The minimum absolute atomic E-state index is 0.157. The van der Waals surface area contributed by atoms with Crippen LogP contribution in [-0.2, 0) is 9.59 Å². The van der Waals surface area contributed by atoms with E-state index in [1.807, 2.05) is 31.2 Å². The molecule has 1 aliphatic rings. The van der Waals surface area contributed by atoms with E-state index in [1.54, 1.807) is 7.11 Å². The van der Waals surface area contributed by atoms with Gasteiger partial charge >= 0.3 is 5.97 Å². The highest BCUT2D eigenvalue weighted by Crippen LogP contribution is 2.31. The number of aliphatic carboxylic acids is 1. The van der Waals surface area contributed by atoms with Crippen molar-refractivity contribution in [2.75, 3.05) is 7.11 Å². The van der Waals surface area contributed by atoms with E-state index < -0.39 is 17.8 Å². The third-order valence-electron chi connectivity index (χ3n) is 4.39. The summed E-state index contributed by atoms with van der Waals surface area (Å²) in [5, 5.41) is 12.2. The standard InChI is InChI=1S/C17H23NO4/c1-11(12-7-9-13(22-2)10-8-12)18-16(19)14-5-3-4-6-15(14)17(20)21/h7-11,14-15H,3-6H2,1-2H3,(H,18,19)(H,20,21)/t11-,14+,15+/m0/s1. The first-order valence-electron chi connectivity index (χ1n) is 7.70. The van der Waals surface area contributed by atoms with Gasteiger partial charge in [0.15, 0.2) is 0 Å². The molecule has 0 saturated heterocycles. The quantitative estimate of drug-likeness (QED) is 0.877. The van der Waals surface area contributed by atoms with Crippen molar-refractivity contribution in [2.24, 2.45) is 11.8 Å². The van der Waals surface area contributed by atoms with Crippen LogP contribution in [0.1, 0.15) is 44.2 Å². The van der Waals surface area contributed by atoms with Gasteiger partial charge in [-0.2, -0.15) is 0 Å². The van der Waals surface area contributed by atoms with Gasteiger partial charge in [0.05, 0.1) is 25.0 Å². The second kappa shape index (κ2) is 7.29. The molecule has 22 heavy (non-hydrogen) atoms. The van der Waals surface area contributed by atoms with Crippen LogP contribution in [0.3, 0.4) is 0 Å². The first-order valence-corrected chi connectivity index (χ1v) is 7.70. The average Bonchev–Trinajstić information content (AvgIpc) is 2.54. The molecule has 0 bridgehead atoms. The highest BCUT2D eigenvalue weighted by molar-refractivity contribution is 5.85. The van der Waals surface area contributed by atoms with E-state index in [4.69, 9.17) is 4.74 Å². The Morgan fingerprint density at radius 3 is 2.32 bits per heavy atom. The van der Waals surface area contributed by atoms with E-state index in [-0.39, 0.29) is 11.9 Å². The number of hydrogen-bond donors (Lipinski definition) is 2. The highest BCUT2D eigenvalue weighted by Gasteiger charge is 2.36. The van der Waals surface area contributed by atoms with Gasteiger partial charge in [-0.3, -0.25) is 9.59 Å². The van der Waals surface area contributed by atoms with Crippen molar-refractivity contribution < 1.29 is 19.4 Å². The molecule has 1 saturated carbocycles. The summed E-state index contributed by atoms with van der Waals surface area (Å²) < 4.78 is 5.11. The number of benzene rings is 1. The van der Waals surface area contributed by atoms with Crippen molar-refractivity contribution in [3.63, 3.8) is 0 Å². The minimum atomic E-state index is -0.864. The fraction of sp³-hybridized carbons (Fsp3) is 0.529. The number of carbonyl (C=O) groups excluding carboxylic acids is 1. The van der Waals surface area contributed by atoms with Gasteiger partial charge < -0.3 is 15.2 Å². The molecule has 1 aromatic carbocycles. The second-order valence-electron chi connectivity index (χ2n) is 5.84. The molecule has 1 fully saturated rings. The lowest BCUT2D eigenvalue weighted by molar-refractivity contribution is -0.149. The van der Waals surface area contributed by atoms with Crippen molar-refractivity contribution in [2.45, 2.75) is 38.6 Å². The molecule has 0 heterocycles. The van der Waals surface area contributed by atoms with Crippen LogP contribution in [-0.4, -0.2) is 24.1 Å². The first-order chi connectivity index (χ1) is 10.5. The van der Waals surface area contributed by atoms with Gasteiger partial charge in [0, 0.05) is 0 Å². The summed E-state index contributed by atoms with van der Waals surface area (Å²) in [5.74, 6) is -1.24. The summed E-state index contributed by atoms with van der Waals surface area (Å²) in [6.07, 6.45) is 3.04. The molecule has 1 aromatic rings. The predicted molar refractivity (Wildman–Crippen MR) is 82.6 cm³/mol. The molecule has 0 aromatic heterocycles. The average molecular weight is 305 g/mol. The Bertz CT molecular complexity index is 526. The van der Waals surface area contributed by atoms with Gasteiger partial charge in [0.1, 0.15) is 5.75 Å². The number of carboxylic acid groups (broad SMARTS) is 1. The molecule has 2 rings (SSSR count). The third kappa shape index (κ3) is 3.78. The Labute approximate surface area is 130 Å². The molecule has 0 spiro atoms. The zero-order valence-corrected chi connectivity index (χ0v) is 13.0. The van der Waals surface area contributed by atoms with Crippen molar-refractivity contribution in [3.8, 4) is 5.75 Å². The molecule has 1 amide bonds. The van der Waals surface area contributed by atoms with Gasteiger partial charge in [-0.15, -0.1) is 0 Å². The highest BCUT2D eigenvalue weighted by atomic mass is 16.5. The van der Waals surface area contributed by atoms with Crippen LogP contribution in [0.5, 0.6) is 5.75 Å². The van der Waals surface area contributed by atoms with E-state index in [9.17, 15) is 14.7 Å². The molecule has 2 N–H and O–H groups in total. The molecule has 120 valence electrons. The molecule has 1 aliphatic carbocycles. The van der Waals surface area contributed by atoms with Crippen molar-refractivity contribution in [3.05, 3.63) is 29.8 Å². The number of ether oxygens (including phenoxy) is 1. The molecular formula is C17H23NO4. The third-order valence-corrected chi connectivity index (χ3v) is 4.39. The molecule has 5 nitrogen and oxygen atoms in total. The Morgan fingerprint density at radius 2 is 1.77 bits per heavy atom. The van der Waals surface area contributed by atoms with Crippen molar-refractivity contribution in [1.82, 2.24) is 5.32 Å². The summed E-state index contributed by atoms with van der Waals surface area (Å²) in [6.45, 7) is 1.90. The van der Waals surface area contributed by atoms with E-state index in [0.717, 1.165) is 24.2 Å². The van der Waals surface area contributed by atoms with Crippen LogP contribution in [0.4, 0.5) is 0 Å². The second-order valence-corrected chi connectivity index (χ2v) is 5.84. The summed E-state index contributed by atoms with van der Waals surface area (Å²) in [4.78, 5) is 23.7. The summed E-state index contributed by atoms with van der Waals surface area (Å²) >= 11 is 0. The smallest absolute Gasteiger partial charge is 0.307 e. The first kappa shape index (κ1) is 16.3. The number of carboxylic acids is 1. The largest absolute Gasteiger partial charge is 0.497 e. The Morgan fingerprint density at radius 1 is 1.18 bits per heavy atom. The van der Waals surface area contributed by atoms with E-state index in [0.29, 0.717) is 12.8 Å². The number of carbonyl (C=O) groups is 2. The molecule has 0 aliphatic heterocycles. The van der Waals surface area contributed by atoms with Crippen LogP contribution in [0.25, 0.3) is 0 Å². The molecule has 5 heteroatoms. The number of methoxy groups -OCH3 is 1. The zero-order chi connectivity index (χ0) is 16.1. The van der Waals surface area contributed by atoms with Crippen LogP contribution in [0.15, 0.2) is 24.3 Å². The van der Waals surface area contributed by atoms with Crippen LogP contribution >= 0.6 is 0 Å². The maximum Gasteiger partial charge on any atom is 0.307 e. The molecular weight excluding hydrogens is 282 g/mol. The predicted octanol–water partition coefficient (Wildman–Crippen LogP) is 2.76. The van der Waals surface area contributed by atoms with Gasteiger partial charge in [0.25, 0.3) is 0 Å². The fourth-order valence-electron chi connectivity index (χ4n) is 3.04. The Balaban J connectivity index is 2.01. The van der Waals surface area contributed by atoms with E-state index in [2.05, 4.69) is 5.32 Å². The van der Waals surface area contributed by atoms with Gasteiger partial charge in [0.2, 0.25) is 5.91 Å². The molecule has 0 radical (unpaired) electrons. The maximum atomic E-state index is 12.4. The van der Waals surface area contributed by atoms with E-state index >= 15 is 0 Å². The summed E-state index contributed by atoms with van der Waals surface area (Å²) in [5.41, 5.74) is 0.969. The number of amides is 1. The van der Waals surface area contributed by atoms with Gasteiger partial charge in [-0.05, 0) is 37.5 Å². The lowest BCUT2D eigenvalue weighted by Crippen LogP contribution is -2.40. The number of rotatable bonds is 5. The maximum absolute atomic E-state index is 12.4. The van der Waals surface area contributed by atoms with E-state index in [1.165, 1.54) is 0 Å². The van der Waals surface area contributed by atoms with Crippen LogP contribution in [0, 0.1) is 11.8 Å². The zero-order valence-electron chi connectivity index (χ0n) is 13.0. The monoisotopic (exact) mass is 305 g/mol. The SMILES string of the molecule is COc1ccc([C@H](C)NC(=O)[C@@H]2CCCC[C@H]2C(=O)O)cc1. The molecule has 3 atom stereocenters. The Kier molecular flexibility index (Phi) is 5.41. The normalized spacial score (nSPS) is 22.6. The number of nitrogens with one attached hydrogen (secondary N) is 1. The Hall–Kier alpha value is -2.04. The fourth-order valence-corrected chi connectivity index (χ4v) is 3.04. The van der Waals surface area contributed by atoms with Crippen LogP contribution in [0.2, 0.25) is 0 Å². The lowest BCUT2D eigenvalue weighted by Gasteiger charge is -2.28. The number of hydrogen-bond acceptors (Lipinski definition) is 3. The van der Waals surface area contributed by atoms with Gasteiger partial charge in [-0.25, -0.2) is 0 Å². The topological polar surface area (TPSA) is 75.6 Å². The minimum Gasteiger partial charge on any atom is -0.497 e. The molecule has 0 unspecified atom stereocenters. The van der Waals surface area contributed by atoms with Crippen LogP contribution < -0.4 is 10.1 Å². The van der Waals surface area contributed by atoms with Crippen molar-refractivity contribution >= 4 is 11.9 Å². The van der Waals surface area contributed by atoms with Gasteiger partial charge in [-0.1, -0.05) is 25.0 Å². The van der Waals surface area contributed by atoms with Crippen molar-refractivity contribution in [1.29, 1.82) is 0 Å². The summed E-state index contributed by atoms with van der Waals surface area (Å²) in [7, 11) is 1.61.